The molecule has 0 aliphatic carbocycles. The van der Waals surface area contributed by atoms with E-state index in [1.165, 1.54) is 67.9 Å². The van der Waals surface area contributed by atoms with Crippen molar-refractivity contribution in [3.63, 3.8) is 0 Å². The molecule has 0 spiro atoms. The largest absolute Gasteiger partial charge is 0.507 e. The molecule has 2 heterocycles. The monoisotopic (exact) mass is 501 g/mol. The smallest absolute Gasteiger partial charge is 0.270 e. The van der Waals surface area contributed by atoms with Gasteiger partial charge < -0.3 is 14.6 Å². The molecule has 0 fully saturated rings. The van der Waals surface area contributed by atoms with Gasteiger partial charge in [-0.1, -0.05) is 77.2 Å². The summed E-state index contributed by atoms with van der Waals surface area (Å²) < 4.78 is 2.27. The maximum atomic E-state index is 11.4. The fourth-order valence-electron chi connectivity index (χ4n) is 5.90. The zero-order valence-corrected chi connectivity index (χ0v) is 22.5. The van der Waals surface area contributed by atoms with Gasteiger partial charge in [0.2, 0.25) is 0 Å². The van der Waals surface area contributed by atoms with Gasteiger partial charge in [-0.15, -0.1) is 0 Å². The molecule has 6 nitrogen and oxygen atoms in total. The number of non-ortho nitro benzene ring substituents is 1. The quantitative estimate of drug-likeness (QED) is 0.165. The number of hydrogen-bond acceptors (Lipinski definition) is 4. The lowest BCUT2D eigenvalue weighted by Gasteiger charge is -2.46. The lowest BCUT2D eigenvalue weighted by atomic mass is 9.75. The molecule has 1 atom stereocenters. The van der Waals surface area contributed by atoms with Crippen molar-refractivity contribution in [3.8, 4) is 5.75 Å². The molecule has 0 saturated heterocycles. The first-order valence-corrected chi connectivity index (χ1v) is 13.4. The van der Waals surface area contributed by atoms with E-state index in [0.29, 0.717) is 5.56 Å². The minimum Gasteiger partial charge on any atom is -0.507 e. The zero-order valence-electron chi connectivity index (χ0n) is 22.5. The van der Waals surface area contributed by atoms with Crippen LogP contribution in [0.5, 0.6) is 5.75 Å². The second-order valence-corrected chi connectivity index (χ2v) is 10.7. The van der Waals surface area contributed by atoms with Crippen LogP contribution in [0.15, 0.2) is 67.0 Å². The number of unbranched alkanes of at least 4 members (excludes halogenated alkanes) is 5. The minimum absolute atomic E-state index is 0.0178. The Bertz CT molecular complexity index is 1280. The molecule has 37 heavy (non-hydrogen) atoms. The van der Waals surface area contributed by atoms with Gasteiger partial charge in [-0.2, -0.15) is 0 Å². The average Bonchev–Trinajstić information content (AvgIpc) is 3.41. The lowest BCUT2D eigenvalue weighted by molar-refractivity contribution is -0.384. The summed E-state index contributed by atoms with van der Waals surface area (Å²) in [6.45, 7) is 6.72. The Hall–Kier alpha value is -3.54. The van der Waals surface area contributed by atoms with Crippen molar-refractivity contribution in [1.29, 1.82) is 0 Å². The molecule has 1 aromatic heterocycles. The summed E-state index contributed by atoms with van der Waals surface area (Å²) in [5, 5.41) is 21.9. The Balaban J connectivity index is 1.72. The molecule has 1 unspecified atom stereocenters. The van der Waals surface area contributed by atoms with Crippen LogP contribution in [0, 0.1) is 10.1 Å². The van der Waals surface area contributed by atoms with E-state index in [1.807, 2.05) is 6.08 Å². The highest BCUT2D eigenvalue weighted by molar-refractivity contribution is 5.69. The number of nitro groups is 1. The molecule has 2 aromatic carbocycles. The highest BCUT2D eigenvalue weighted by Gasteiger charge is 2.55. The molecule has 1 aliphatic rings. The SMILES string of the molecule is CCCCCCCCc1ccn(C2(/C=C/c3cc([N+](=O)[O-])ccc3O)N(C)c3ccccc3C2(C)C)c1. The summed E-state index contributed by atoms with van der Waals surface area (Å²) in [6.07, 6.45) is 16.9. The van der Waals surface area contributed by atoms with Gasteiger partial charge in [0, 0.05) is 48.2 Å². The van der Waals surface area contributed by atoms with Crippen LogP contribution in [-0.2, 0) is 17.5 Å². The van der Waals surface area contributed by atoms with Gasteiger partial charge in [-0.25, -0.2) is 0 Å². The van der Waals surface area contributed by atoms with Crippen LogP contribution in [0.2, 0.25) is 0 Å². The number of nitro benzene ring substituents is 1. The summed E-state index contributed by atoms with van der Waals surface area (Å²) in [6, 6.07) is 14.8. The minimum atomic E-state index is -0.618. The van der Waals surface area contributed by atoms with Gasteiger partial charge >= 0.3 is 0 Å². The number of aromatic hydroxyl groups is 1. The highest BCUT2D eigenvalue weighted by atomic mass is 16.6. The van der Waals surface area contributed by atoms with Crippen LogP contribution in [0.25, 0.3) is 6.08 Å². The third-order valence-corrected chi connectivity index (χ3v) is 8.05. The van der Waals surface area contributed by atoms with Gasteiger partial charge in [0.05, 0.1) is 4.92 Å². The number of nitrogens with zero attached hydrogens (tertiary/aromatic N) is 3. The summed E-state index contributed by atoms with van der Waals surface area (Å²) in [5.41, 5.74) is 3.11. The maximum Gasteiger partial charge on any atom is 0.270 e. The standard InChI is InChI=1S/C31H39N3O3/c1-5-6-7-8-9-10-13-24-19-21-33(23-24)31(20-18-25-22-26(34(36)37)16-17-29(25)35)30(2,3)27-14-11-12-15-28(27)32(31)4/h11-12,14-23,35H,5-10,13H2,1-4H3/b20-18+. The Morgan fingerprint density at radius 2 is 1.76 bits per heavy atom. The Kier molecular flexibility index (Phi) is 7.76. The number of para-hydroxylation sites is 1. The molecule has 196 valence electrons. The van der Waals surface area contributed by atoms with E-state index in [9.17, 15) is 15.2 Å². The van der Waals surface area contributed by atoms with E-state index < -0.39 is 10.6 Å². The molecule has 6 heteroatoms. The Morgan fingerprint density at radius 1 is 1.03 bits per heavy atom. The second kappa shape index (κ2) is 10.8. The molecule has 0 bridgehead atoms. The number of aryl methyl sites for hydroxylation is 1. The molecule has 0 saturated carbocycles. The van der Waals surface area contributed by atoms with Gasteiger partial charge in [-0.3, -0.25) is 10.1 Å². The van der Waals surface area contributed by atoms with E-state index in [1.54, 1.807) is 0 Å². The van der Waals surface area contributed by atoms with Gasteiger partial charge in [0.1, 0.15) is 11.4 Å². The Labute approximate surface area is 220 Å². The van der Waals surface area contributed by atoms with E-state index in [4.69, 9.17) is 0 Å². The predicted molar refractivity (Wildman–Crippen MR) is 151 cm³/mol. The summed E-state index contributed by atoms with van der Waals surface area (Å²) in [5.74, 6) is 0.0178. The first-order valence-electron chi connectivity index (χ1n) is 13.4. The molecular formula is C31H39N3O3. The number of anilines is 1. The van der Waals surface area contributed by atoms with E-state index in [2.05, 4.69) is 86.1 Å². The molecule has 4 rings (SSSR count). The number of fused-ring (bicyclic) bond motifs is 1. The van der Waals surface area contributed by atoms with Crippen LogP contribution in [-0.4, -0.2) is 21.6 Å². The van der Waals surface area contributed by atoms with Crippen molar-refractivity contribution in [2.75, 3.05) is 11.9 Å². The number of phenolic OH excluding ortho intramolecular Hbond substituents is 1. The third kappa shape index (κ3) is 4.89. The number of benzene rings is 2. The van der Waals surface area contributed by atoms with E-state index >= 15 is 0 Å². The molecule has 1 N–H and O–H groups in total. The first-order chi connectivity index (χ1) is 17.7. The van der Waals surface area contributed by atoms with E-state index in [0.717, 1.165) is 12.1 Å². The third-order valence-electron chi connectivity index (χ3n) is 8.05. The molecule has 0 amide bonds. The molecular weight excluding hydrogens is 462 g/mol. The van der Waals surface area contributed by atoms with Crippen molar-refractivity contribution >= 4 is 17.5 Å². The fourth-order valence-corrected chi connectivity index (χ4v) is 5.90. The first kappa shape index (κ1) is 26.5. The van der Waals surface area contributed by atoms with Crippen LogP contribution in [0.1, 0.15) is 76.0 Å². The Morgan fingerprint density at radius 3 is 2.49 bits per heavy atom. The summed E-state index contributed by atoms with van der Waals surface area (Å²) in [7, 11) is 2.10. The molecule has 1 aliphatic heterocycles. The van der Waals surface area contributed by atoms with Crippen molar-refractivity contribution in [1.82, 2.24) is 4.57 Å². The topological polar surface area (TPSA) is 71.5 Å². The lowest BCUT2D eigenvalue weighted by Crippen LogP contribution is -2.54. The molecule has 0 radical (unpaired) electrons. The average molecular weight is 502 g/mol. The summed E-state index contributed by atoms with van der Waals surface area (Å²) >= 11 is 0. The van der Waals surface area contributed by atoms with Gasteiger partial charge in [0.25, 0.3) is 5.69 Å². The highest BCUT2D eigenvalue weighted by Crippen LogP contribution is 2.54. The number of likely N-dealkylation sites (N-methyl/N-ethyl adjacent to an activating group) is 1. The van der Waals surface area contributed by atoms with Crippen LogP contribution < -0.4 is 4.90 Å². The van der Waals surface area contributed by atoms with Gasteiger partial charge in [-0.05, 0) is 48.2 Å². The number of aromatic nitrogens is 1. The predicted octanol–water partition coefficient (Wildman–Crippen LogP) is 7.80. The summed E-state index contributed by atoms with van der Waals surface area (Å²) in [4.78, 5) is 13.2. The van der Waals surface area contributed by atoms with Crippen molar-refractivity contribution in [3.05, 3.63) is 93.8 Å². The van der Waals surface area contributed by atoms with Crippen LogP contribution >= 0.6 is 0 Å². The van der Waals surface area contributed by atoms with Crippen molar-refractivity contribution < 1.29 is 10.0 Å². The fraction of sp³-hybridized carbons (Fsp3) is 0.419. The second-order valence-electron chi connectivity index (χ2n) is 10.7. The normalized spacial score (nSPS) is 18.4. The van der Waals surface area contributed by atoms with Crippen LogP contribution in [0.4, 0.5) is 11.4 Å². The van der Waals surface area contributed by atoms with Crippen molar-refractivity contribution in [2.24, 2.45) is 0 Å². The number of phenols is 1. The number of hydrogen-bond donors (Lipinski definition) is 1. The maximum absolute atomic E-state index is 11.4. The number of rotatable bonds is 11. The van der Waals surface area contributed by atoms with Gasteiger partial charge in [0.15, 0.2) is 0 Å². The zero-order chi connectivity index (χ0) is 26.6. The van der Waals surface area contributed by atoms with E-state index in [-0.39, 0.29) is 16.9 Å². The van der Waals surface area contributed by atoms with Crippen molar-refractivity contribution in [2.45, 2.75) is 76.8 Å². The van der Waals surface area contributed by atoms with Crippen LogP contribution in [0.3, 0.4) is 0 Å². The molecule has 3 aromatic rings.